The molecule has 124 valence electrons. The number of hydrogen-bond donors (Lipinski definition) is 1. The number of rotatable bonds is 6. The first-order chi connectivity index (χ1) is 11.1. The Hall–Kier alpha value is -2.41. The molecular weight excluding hydrogens is 298 g/mol. The second-order valence-electron chi connectivity index (χ2n) is 5.43. The van der Waals surface area contributed by atoms with E-state index in [0.717, 1.165) is 31.5 Å². The maximum absolute atomic E-state index is 12.3. The van der Waals surface area contributed by atoms with E-state index in [9.17, 15) is 14.9 Å². The summed E-state index contributed by atoms with van der Waals surface area (Å²) in [5, 5.41) is 13.9. The highest BCUT2D eigenvalue weighted by molar-refractivity contribution is 5.68. The smallest absolute Gasteiger partial charge is 0.410 e. The first-order valence-electron chi connectivity index (χ1n) is 7.60. The van der Waals surface area contributed by atoms with Crippen LogP contribution in [0.25, 0.3) is 0 Å². The van der Waals surface area contributed by atoms with Crippen LogP contribution in [0.2, 0.25) is 0 Å². The van der Waals surface area contributed by atoms with Crippen LogP contribution < -0.4 is 5.32 Å². The van der Waals surface area contributed by atoms with E-state index in [1.807, 2.05) is 0 Å². The van der Waals surface area contributed by atoms with Gasteiger partial charge in [-0.15, -0.1) is 6.58 Å². The van der Waals surface area contributed by atoms with Crippen LogP contribution in [-0.4, -0.2) is 41.7 Å². The number of non-ortho nitro benzene ring substituents is 1. The van der Waals surface area contributed by atoms with Gasteiger partial charge in [0.15, 0.2) is 0 Å². The van der Waals surface area contributed by atoms with Crippen LogP contribution in [0.5, 0.6) is 0 Å². The summed E-state index contributed by atoms with van der Waals surface area (Å²) in [6.07, 6.45) is 2.81. The van der Waals surface area contributed by atoms with Crippen LogP contribution in [0.3, 0.4) is 0 Å². The lowest BCUT2D eigenvalue weighted by atomic mass is 10.1. The molecule has 7 heteroatoms. The minimum absolute atomic E-state index is 0.0290. The van der Waals surface area contributed by atoms with E-state index in [1.165, 1.54) is 17.0 Å². The number of benzene rings is 1. The van der Waals surface area contributed by atoms with Crippen molar-refractivity contribution >= 4 is 11.8 Å². The summed E-state index contributed by atoms with van der Waals surface area (Å²) in [6, 6.07) is 6.15. The first-order valence-corrected chi connectivity index (χ1v) is 7.60. The van der Waals surface area contributed by atoms with Gasteiger partial charge in [-0.1, -0.05) is 18.2 Å². The largest absolute Gasteiger partial charge is 0.446 e. The molecule has 1 aromatic carbocycles. The zero-order chi connectivity index (χ0) is 16.7. The molecule has 1 heterocycles. The summed E-state index contributed by atoms with van der Waals surface area (Å²) in [6.45, 7) is 6.05. The third-order valence-electron chi connectivity index (χ3n) is 3.68. The van der Waals surface area contributed by atoms with Gasteiger partial charge in [-0.25, -0.2) is 4.79 Å². The van der Waals surface area contributed by atoms with Crippen molar-refractivity contribution in [3.63, 3.8) is 0 Å². The Bertz CT molecular complexity index is 553. The second kappa shape index (κ2) is 8.28. The van der Waals surface area contributed by atoms with Gasteiger partial charge in [0, 0.05) is 25.2 Å². The summed E-state index contributed by atoms with van der Waals surface area (Å²) >= 11 is 0. The Kier molecular flexibility index (Phi) is 6.10. The standard InChI is InChI=1S/C16H21N3O4/c1-2-11-18(16(20)23-15-7-9-17-10-8-15)12-13-3-5-14(6-4-13)19(21)22/h2-6,15,17H,1,7-12H2. The summed E-state index contributed by atoms with van der Waals surface area (Å²) in [4.78, 5) is 24.1. The average Bonchev–Trinajstić information content (AvgIpc) is 2.56. The van der Waals surface area contributed by atoms with Crippen molar-refractivity contribution in [2.75, 3.05) is 19.6 Å². The molecule has 1 aromatic rings. The predicted octanol–water partition coefficient (Wildman–Crippen LogP) is 2.47. The molecule has 1 N–H and O–H groups in total. The van der Waals surface area contributed by atoms with Gasteiger partial charge in [0.1, 0.15) is 6.10 Å². The Balaban J connectivity index is 1.97. The number of carbonyl (C=O) groups is 1. The van der Waals surface area contributed by atoms with E-state index in [0.29, 0.717) is 13.1 Å². The van der Waals surface area contributed by atoms with Gasteiger partial charge in [-0.2, -0.15) is 0 Å². The van der Waals surface area contributed by atoms with Crippen LogP contribution in [0.1, 0.15) is 18.4 Å². The minimum atomic E-state index is -0.448. The quantitative estimate of drug-likeness (QED) is 0.494. The normalized spacial score (nSPS) is 15.0. The SMILES string of the molecule is C=CCN(Cc1ccc([N+](=O)[O-])cc1)C(=O)OC1CCNCC1. The maximum Gasteiger partial charge on any atom is 0.410 e. The lowest BCUT2D eigenvalue weighted by Crippen LogP contribution is -2.38. The van der Waals surface area contributed by atoms with Gasteiger partial charge in [0.2, 0.25) is 0 Å². The number of carbonyl (C=O) groups excluding carboxylic acids is 1. The summed E-state index contributed by atoms with van der Waals surface area (Å²) in [7, 11) is 0. The lowest BCUT2D eigenvalue weighted by molar-refractivity contribution is -0.384. The average molecular weight is 319 g/mol. The van der Waals surface area contributed by atoms with E-state index in [4.69, 9.17) is 4.74 Å². The zero-order valence-corrected chi connectivity index (χ0v) is 12.9. The van der Waals surface area contributed by atoms with E-state index < -0.39 is 4.92 Å². The number of amides is 1. The Morgan fingerprint density at radius 3 is 2.61 bits per heavy atom. The molecule has 1 aliphatic heterocycles. The lowest BCUT2D eigenvalue weighted by Gasteiger charge is -2.27. The maximum atomic E-state index is 12.3. The molecule has 0 radical (unpaired) electrons. The summed E-state index contributed by atoms with van der Waals surface area (Å²) in [5.41, 5.74) is 0.834. The number of nitrogens with zero attached hydrogens (tertiary/aromatic N) is 2. The fourth-order valence-corrected chi connectivity index (χ4v) is 2.43. The zero-order valence-electron chi connectivity index (χ0n) is 12.9. The molecule has 1 fully saturated rings. The molecule has 1 saturated heterocycles. The molecule has 1 amide bonds. The number of nitro groups is 1. The van der Waals surface area contributed by atoms with Crippen molar-refractivity contribution in [3.05, 3.63) is 52.6 Å². The monoisotopic (exact) mass is 319 g/mol. The van der Waals surface area contributed by atoms with Crippen molar-refractivity contribution in [1.29, 1.82) is 0 Å². The predicted molar refractivity (Wildman–Crippen MR) is 86.1 cm³/mol. The molecule has 1 aliphatic rings. The molecule has 7 nitrogen and oxygen atoms in total. The van der Waals surface area contributed by atoms with Crippen LogP contribution in [-0.2, 0) is 11.3 Å². The molecule has 0 atom stereocenters. The van der Waals surface area contributed by atoms with Gasteiger partial charge in [0.05, 0.1) is 4.92 Å². The molecule has 23 heavy (non-hydrogen) atoms. The third kappa shape index (κ3) is 5.07. The van der Waals surface area contributed by atoms with Gasteiger partial charge < -0.3 is 15.0 Å². The Morgan fingerprint density at radius 2 is 2.04 bits per heavy atom. The highest BCUT2D eigenvalue weighted by Crippen LogP contribution is 2.15. The van der Waals surface area contributed by atoms with Crippen molar-refractivity contribution < 1.29 is 14.5 Å². The van der Waals surface area contributed by atoms with Crippen LogP contribution in [0, 0.1) is 10.1 Å². The van der Waals surface area contributed by atoms with E-state index in [-0.39, 0.29) is 17.9 Å². The minimum Gasteiger partial charge on any atom is -0.446 e. The summed E-state index contributed by atoms with van der Waals surface area (Å²) < 4.78 is 5.53. The Labute approximate surface area is 135 Å². The number of ether oxygens (including phenoxy) is 1. The van der Waals surface area contributed by atoms with Crippen LogP contribution in [0.15, 0.2) is 36.9 Å². The van der Waals surface area contributed by atoms with E-state index >= 15 is 0 Å². The highest BCUT2D eigenvalue weighted by Gasteiger charge is 2.21. The molecule has 0 saturated carbocycles. The van der Waals surface area contributed by atoms with Gasteiger partial charge in [0.25, 0.3) is 5.69 Å². The number of nitro benzene ring substituents is 1. The third-order valence-corrected chi connectivity index (χ3v) is 3.68. The van der Waals surface area contributed by atoms with E-state index in [1.54, 1.807) is 18.2 Å². The summed E-state index contributed by atoms with van der Waals surface area (Å²) in [5.74, 6) is 0. The van der Waals surface area contributed by atoms with Gasteiger partial charge >= 0.3 is 6.09 Å². The van der Waals surface area contributed by atoms with Crippen LogP contribution in [0.4, 0.5) is 10.5 Å². The number of nitrogens with one attached hydrogen (secondary N) is 1. The molecule has 0 bridgehead atoms. The molecule has 0 aliphatic carbocycles. The van der Waals surface area contributed by atoms with Crippen molar-refractivity contribution in [2.45, 2.75) is 25.5 Å². The second-order valence-corrected chi connectivity index (χ2v) is 5.43. The first kappa shape index (κ1) is 17.0. The fourth-order valence-electron chi connectivity index (χ4n) is 2.43. The van der Waals surface area contributed by atoms with E-state index in [2.05, 4.69) is 11.9 Å². The van der Waals surface area contributed by atoms with Gasteiger partial charge in [-0.3, -0.25) is 10.1 Å². The fraction of sp³-hybridized carbons (Fsp3) is 0.438. The Morgan fingerprint density at radius 1 is 1.39 bits per heavy atom. The molecular formula is C16H21N3O4. The molecule has 0 unspecified atom stereocenters. The highest BCUT2D eigenvalue weighted by atomic mass is 16.6. The molecule has 2 rings (SSSR count). The number of hydrogen-bond acceptors (Lipinski definition) is 5. The topological polar surface area (TPSA) is 84.7 Å². The van der Waals surface area contributed by atoms with Gasteiger partial charge in [-0.05, 0) is 31.5 Å². The molecule has 0 aromatic heterocycles. The van der Waals surface area contributed by atoms with Crippen molar-refractivity contribution in [2.24, 2.45) is 0 Å². The van der Waals surface area contributed by atoms with Crippen LogP contribution >= 0.6 is 0 Å². The number of piperidine rings is 1. The van der Waals surface area contributed by atoms with Crippen molar-refractivity contribution in [1.82, 2.24) is 10.2 Å². The molecule has 0 spiro atoms. The van der Waals surface area contributed by atoms with Crippen molar-refractivity contribution in [3.8, 4) is 0 Å².